The largest absolute Gasteiger partial charge is 0.456 e. The van der Waals surface area contributed by atoms with E-state index in [9.17, 15) is 19.2 Å². The van der Waals surface area contributed by atoms with Gasteiger partial charge in [-0.05, 0) is 70.5 Å². The second-order valence-corrected chi connectivity index (χ2v) is 12.9. The molecule has 238 valence electrons. The first-order valence-electron chi connectivity index (χ1n) is 15.9. The summed E-state index contributed by atoms with van der Waals surface area (Å²) in [5, 5.41) is 3.04. The standard InChI is InChI=1S/C34H52N4O5/c1-22(2)29(37(8)33(41)30(23(3)4)35-31(39)27-17-12-13-19-36(27)7)21-24(5)32(40)38-20-14-18-28(38)34(42)43-25(6)26-15-10-9-11-16-26/h9-11,15-16,21-23,25,27-30H,12-14,17-20H2,1-8H3,(H,35,39)/t25?,27?,28-,29+,30-/m0/s1. The first-order valence-corrected chi connectivity index (χ1v) is 15.9. The Balaban J connectivity index is 1.72. The average molecular weight is 597 g/mol. The maximum atomic E-state index is 13.8. The lowest BCUT2D eigenvalue weighted by Crippen LogP contribution is -2.57. The summed E-state index contributed by atoms with van der Waals surface area (Å²) in [5.74, 6) is -1.03. The smallest absolute Gasteiger partial charge is 0.329 e. The number of rotatable bonds is 11. The molecule has 9 heteroatoms. The number of esters is 1. The van der Waals surface area contributed by atoms with Crippen LogP contribution < -0.4 is 5.32 Å². The fourth-order valence-corrected chi connectivity index (χ4v) is 6.14. The molecule has 1 N–H and O–H groups in total. The Hall–Kier alpha value is -3.20. The van der Waals surface area contributed by atoms with Gasteiger partial charge in [0.2, 0.25) is 17.7 Å². The van der Waals surface area contributed by atoms with Crippen molar-refractivity contribution in [3.05, 3.63) is 47.5 Å². The molecule has 0 spiro atoms. The maximum Gasteiger partial charge on any atom is 0.329 e. The van der Waals surface area contributed by atoms with Gasteiger partial charge in [-0.25, -0.2) is 4.79 Å². The van der Waals surface area contributed by atoms with E-state index >= 15 is 0 Å². The molecule has 2 saturated heterocycles. The van der Waals surface area contributed by atoms with Crippen molar-refractivity contribution in [3.8, 4) is 0 Å². The Morgan fingerprint density at radius 2 is 1.58 bits per heavy atom. The molecule has 5 atom stereocenters. The summed E-state index contributed by atoms with van der Waals surface area (Å²) >= 11 is 0. The Morgan fingerprint density at radius 1 is 0.930 bits per heavy atom. The van der Waals surface area contributed by atoms with Gasteiger partial charge < -0.3 is 19.9 Å². The highest BCUT2D eigenvalue weighted by Crippen LogP contribution is 2.26. The first kappa shape index (κ1) is 34.3. The van der Waals surface area contributed by atoms with Crippen LogP contribution in [0.1, 0.15) is 85.3 Å². The van der Waals surface area contributed by atoms with E-state index in [0.717, 1.165) is 37.8 Å². The summed E-state index contributed by atoms with van der Waals surface area (Å²) in [6.07, 6.45) is 5.53. The Bertz CT molecular complexity index is 1150. The van der Waals surface area contributed by atoms with Crippen molar-refractivity contribution in [2.24, 2.45) is 11.8 Å². The molecule has 43 heavy (non-hydrogen) atoms. The number of nitrogens with one attached hydrogen (secondary N) is 1. The summed E-state index contributed by atoms with van der Waals surface area (Å²) in [6.45, 7) is 12.8. The van der Waals surface area contributed by atoms with Crippen LogP contribution in [0.5, 0.6) is 0 Å². The van der Waals surface area contributed by atoms with E-state index in [1.54, 1.807) is 23.8 Å². The minimum Gasteiger partial charge on any atom is -0.456 e. The Kier molecular flexibility index (Phi) is 12.4. The number of likely N-dealkylation sites (N-methyl/N-ethyl adjacent to an activating group) is 2. The molecule has 0 aromatic heterocycles. The monoisotopic (exact) mass is 596 g/mol. The Morgan fingerprint density at radius 3 is 2.19 bits per heavy atom. The van der Waals surface area contributed by atoms with Crippen molar-refractivity contribution in [2.45, 2.75) is 104 Å². The van der Waals surface area contributed by atoms with Crippen LogP contribution in [0.3, 0.4) is 0 Å². The zero-order valence-electron chi connectivity index (χ0n) is 27.3. The molecule has 0 radical (unpaired) electrons. The summed E-state index contributed by atoms with van der Waals surface area (Å²) in [5.41, 5.74) is 1.38. The summed E-state index contributed by atoms with van der Waals surface area (Å²) in [4.78, 5) is 59.1. The quantitative estimate of drug-likeness (QED) is 0.302. The van der Waals surface area contributed by atoms with Crippen LogP contribution in [-0.2, 0) is 23.9 Å². The van der Waals surface area contributed by atoms with Gasteiger partial charge in [0.15, 0.2) is 0 Å². The second-order valence-electron chi connectivity index (χ2n) is 12.9. The van der Waals surface area contributed by atoms with Gasteiger partial charge in [-0.2, -0.15) is 0 Å². The van der Waals surface area contributed by atoms with E-state index < -0.39 is 24.2 Å². The lowest BCUT2D eigenvalue weighted by Gasteiger charge is -2.36. The van der Waals surface area contributed by atoms with Gasteiger partial charge in [0.05, 0.1) is 12.1 Å². The molecule has 2 aliphatic heterocycles. The van der Waals surface area contributed by atoms with Crippen LogP contribution >= 0.6 is 0 Å². The van der Waals surface area contributed by atoms with Crippen molar-refractivity contribution in [2.75, 3.05) is 27.2 Å². The molecule has 0 aliphatic carbocycles. The van der Waals surface area contributed by atoms with E-state index in [1.807, 2.05) is 78.1 Å². The van der Waals surface area contributed by atoms with Crippen LogP contribution in [0.2, 0.25) is 0 Å². The number of amides is 3. The average Bonchev–Trinajstić information content (AvgIpc) is 3.48. The van der Waals surface area contributed by atoms with Gasteiger partial charge in [-0.1, -0.05) is 70.5 Å². The van der Waals surface area contributed by atoms with Crippen molar-refractivity contribution in [1.82, 2.24) is 20.0 Å². The third-order valence-corrected chi connectivity index (χ3v) is 8.89. The highest BCUT2D eigenvalue weighted by molar-refractivity contribution is 5.96. The SMILES string of the molecule is CC(=C[C@H](C(C)C)N(C)C(=O)[C@@H](NC(=O)C1CCCCN1C)C(C)C)C(=O)N1CCC[C@H]1C(=O)OC(C)c1ccccc1. The van der Waals surface area contributed by atoms with Crippen LogP contribution in [0.15, 0.2) is 42.0 Å². The van der Waals surface area contributed by atoms with E-state index in [0.29, 0.717) is 18.5 Å². The molecular weight excluding hydrogens is 544 g/mol. The molecule has 1 aromatic carbocycles. The second kappa shape index (κ2) is 15.5. The predicted octanol–water partition coefficient (Wildman–Crippen LogP) is 4.34. The normalized spacial score (nSPS) is 21.8. The zero-order valence-corrected chi connectivity index (χ0v) is 27.3. The van der Waals surface area contributed by atoms with Gasteiger partial charge in [0.1, 0.15) is 18.2 Å². The van der Waals surface area contributed by atoms with Gasteiger partial charge in [0, 0.05) is 19.2 Å². The van der Waals surface area contributed by atoms with Crippen molar-refractivity contribution in [1.29, 1.82) is 0 Å². The van der Waals surface area contributed by atoms with Gasteiger partial charge in [-0.3, -0.25) is 19.3 Å². The number of carbonyl (C=O) groups excluding carboxylic acids is 4. The van der Waals surface area contributed by atoms with Crippen LogP contribution in [0.4, 0.5) is 0 Å². The number of likely N-dealkylation sites (tertiary alicyclic amines) is 2. The molecular formula is C34H52N4O5. The maximum absolute atomic E-state index is 13.8. The summed E-state index contributed by atoms with van der Waals surface area (Å²) in [6, 6.07) is 7.61. The fraction of sp³-hybridized carbons (Fsp3) is 0.647. The number of carbonyl (C=O) groups is 4. The third kappa shape index (κ3) is 8.68. The fourth-order valence-electron chi connectivity index (χ4n) is 6.14. The minimum absolute atomic E-state index is 0.00996. The van der Waals surface area contributed by atoms with E-state index in [-0.39, 0.29) is 41.6 Å². The minimum atomic E-state index is -0.678. The molecule has 3 amide bonds. The summed E-state index contributed by atoms with van der Waals surface area (Å²) < 4.78 is 5.76. The number of hydrogen-bond donors (Lipinski definition) is 1. The molecule has 3 rings (SSSR count). The van der Waals surface area contributed by atoms with Crippen molar-refractivity contribution in [3.63, 3.8) is 0 Å². The van der Waals surface area contributed by atoms with Crippen molar-refractivity contribution >= 4 is 23.7 Å². The highest BCUT2D eigenvalue weighted by atomic mass is 16.5. The number of nitrogens with zero attached hydrogens (tertiary/aromatic N) is 3. The first-order chi connectivity index (χ1) is 20.3. The van der Waals surface area contributed by atoms with Crippen molar-refractivity contribution < 1.29 is 23.9 Å². The van der Waals surface area contributed by atoms with E-state index in [4.69, 9.17) is 4.74 Å². The highest BCUT2D eigenvalue weighted by Gasteiger charge is 2.38. The van der Waals surface area contributed by atoms with Gasteiger partial charge >= 0.3 is 5.97 Å². The van der Waals surface area contributed by atoms with Crippen LogP contribution in [0, 0.1) is 11.8 Å². The molecule has 0 saturated carbocycles. The topological polar surface area (TPSA) is 99.3 Å². The van der Waals surface area contributed by atoms with E-state index in [2.05, 4.69) is 10.2 Å². The van der Waals surface area contributed by atoms with Crippen LogP contribution in [0.25, 0.3) is 0 Å². The zero-order chi connectivity index (χ0) is 31.8. The van der Waals surface area contributed by atoms with Crippen LogP contribution in [-0.4, -0.2) is 89.7 Å². The molecule has 2 fully saturated rings. The summed E-state index contributed by atoms with van der Waals surface area (Å²) in [7, 11) is 3.69. The molecule has 9 nitrogen and oxygen atoms in total. The Labute approximate surface area is 258 Å². The number of hydrogen-bond acceptors (Lipinski definition) is 6. The van der Waals surface area contributed by atoms with Gasteiger partial charge in [0.25, 0.3) is 0 Å². The number of ether oxygens (including phenoxy) is 1. The molecule has 2 unspecified atom stereocenters. The number of piperidine rings is 1. The van der Waals surface area contributed by atoms with E-state index in [1.165, 1.54) is 0 Å². The molecule has 2 heterocycles. The number of benzene rings is 1. The molecule has 0 bridgehead atoms. The predicted molar refractivity (Wildman–Crippen MR) is 168 cm³/mol. The lowest BCUT2D eigenvalue weighted by atomic mass is 9.96. The molecule has 1 aromatic rings. The van der Waals surface area contributed by atoms with Gasteiger partial charge in [-0.15, -0.1) is 0 Å². The molecule has 2 aliphatic rings. The lowest BCUT2D eigenvalue weighted by molar-refractivity contribution is -0.156. The third-order valence-electron chi connectivity index (χ3n) is 8.89.